The summed E-state index contributed by atoms with van der Waals surface area (Å²) in [5.41, 5.74) is 1.06. The van der Waals surface area contributed by atoms with Crippen molar-refractivity contribution in [3.05, 3.63) is 46.4 Å². The van der Waals surface area contributed by atoms with Crippen molar-refractivity contribution in [2.24, 2.45) is 0 Å². The first kappa shape index (κ1) is 16.6. The van der Waals surface area contributed by atoms with Gasteiger partial charge in [0.25, 0.3) is 0 Å². The lowest BCUT2D eigenvalue weighted by Gasteiger charge is -2.09. The van der Waals surface area contributed by atoms with Crippen molar-refractivity contribution in [1.82, 2.24) is 4.98 Å². The average molecular weight is 375 g/mol. The number of hydrogen-bond acceptors (Lipinski definition) is 3. The summed E-state index contributed by atoms with van der Waals surface area (Å²) < 4.78 is 42.5. The minimum absolute atomic E-state index is 0.0861. The number of anilines is 1. The Balaban J connectivity index is 2.00. The predicted molar refractivity (Wildman–Crippen MR) is 84.1 cm³/mol. The highest BCUT2D eigenvalue weighted by Crippen LogP contribution is 2.33. The smallest absolute Gasteiger partial charge is 0.436 e. The molecule has 3 aromatic rings. The van der Waals surface area contributed by atoms with Gasteiger partial charge in [0.1, 0.15) is 5.52 Å². The van der Waals surface area contributed by atoms with Gasteiger partial charge in [-0.15, -0.1) is 0 Å². The summed E-state index contributed by atoms with van der Waals surface area (Å²) in [5, 5.41) is 2.41. The van der Waals surface area contributed by atoms with Crippen molar-refractivity contribution >= 4 is 45.9 Å². The molecular weight excluding hydrogens is 368 g/mol. The van der Waals surface area contributed by atoms with Gasteiger partial charge < -0.3 is 9.73 Å². The molecule has 24 heavy (non-hydrogen) atoms. The second-order valence-corrected chi connectivity index (χ2v) is 5.62. The van der Waals surface area contributed by atoms with Gasteiger partial charge in [0.15, 0.2) is 5.58 Å². The number of aromatic nitrogens is 1. The molecule has 1 N–H and O–H groups in total. The quantitative estimate of drug-likeness (QED) is 0.661. The summed E-state index contributed by atoms with van der Waals surface area (Å²) in [6.45, 7) is 0. The first-order valence-corrected chi connectivity index (χ1v) is 7.24. The van der Waals surface area contributed by atoms with E-state index in [1.165, 1.54) is 18.2 Å². The molecule has 0 bridgehead atoms. The van der Waals surface area contributed by atoms with E-state index in [9.17, 15) is 18.0 Å². The van der Waals surface area contributed by atoms with Crippen molar-refractivity contribution in [1.29, 1.82) is 0 Å². The van der Waals surface area contributed by atoms with Crippen molar-refractivity contribution in [3.8, 4) is 11.5 Å². The van der Waals surface area contributed by atoms with Crippen LogP contribution in [-0.2, 0) is 4.79 Å². The molecule has 0 aliphatic carbocycles. The topological polar surface area (TPSA) is 55.1 Å². The van der Waals surface area contributed by atoms with Gasteiger partial charge in [-0.1, -0.05) is 23.2 Å². The van der Waals surface area contributed by atoms with Crippen molar-refractivity contribution in [3.63, 3.8) is 0 Å². The molecule has 1 heterocycles. The van der Waals surface area contributed by atoms with E-state index in [0.29, 0.717) is 16.1 Å². The van der Waals surface area contributed by atoms with Crippen LogP contribution in [0.3, 0.4) is 0 Å². The van der Waals surface area contributed by atoms with E-state index in [1.54, 1.807) is 23.5 Å². The largest absolute Gasteiger partial charge is 0.471 e. The lowest BCUT2D eigenvalue weighted by atomic mass is 10.2. The maximum Gasteiger partial charge on any atom is 0.471 e. The monoisotopic (exact) mass is 374 g/mol. The molecule has 3 rings (SSSR count). The number of nitrogens with zero attached hydrogens (tertiary/aromatic N) is 1. The highest BCUT2D eigenvalue weighted by molar-refractivity contribution is 6.33. The van der Waals surface area contributed by atoms with E-state index in [1.807, 2.05) is 0 Å². The third-order valence-electron chi connectivity index (χ3n) is 3.06. The van der Waals surface area contributed by atoms with E-state index in [2.05, 4.69) is 4.98 Å². The molecule has 0 aliphatic heterocycles. The number of hydrogen-bond donors (Lipinski definition) is 1. The molecule has 0 radical (unpaired) electrons. The SMILES string of the molecule is O=C(Nc1ccc(Cl)c(-c2nc3cc(Cl)ccc3o2)c1)C(F)(F)F. The molecule has 0 atom stereocenters. The number of oxazole rings is 1. The number of carbonyl (C=O) groups excluding carboxylic acids is 1. The Morgan fingerprint density at radius 1 is 1.12 bits per heavy atom. The van der Waals surface area contributed by atoms with Crippen LogP contribution in [0.2, 0.25) is 10.0 Å². The summed E-state index contributed by atoms with van der Waals surface area (Å²) in [5.74, 6) is -1.99. The summed E-state index contributed by atoms with van der Waals surface area (Å²) in [4.78, 5) is 15.2. The predicted octanol–water partition coefficient (Wildman–Crippen LogP) is 5.30. The first-order chi connectivity index (χ1) is 11.2. The van der Waals surface area contributed by atoms with Crippen LogP contribution < -0.4 is 5.32 Å². The van der Waals surface area contributed by atoms with Crippen LogP contribution in [0.5, 0.6) is 0 Å². The van der Waals surface area contributed by atoms with Crippen LogP contribution in [0.15, 0.2) is 40.8 Å². The van der Waals surface area contributed by atoms with Crippen LogP contribution in [0.25, 0.3) is 22.6 Å². The summed E-state index contributed by atoms with van der Waals surface area (Å²) in [7, 11) is 0. The van der Waals surface area contributed by atoms with Gasteiger partial charge in [-0.25, -0.2) is 4.98 Å². The number of carbonyl (C=O) groups is 1. The van der Waals surface area contributed by atoms with E-state index < -0.39 is 12.1 Å². The number of amides is 1. The van der Waals surface area contributed by atoms with Crippen molar-refractivity contribution < 1.29 is 22.4 Å². The van der Waals surface area contributed by atoms with Gasteiger partial charge in [0, 0.05) is 10.7 Å². The van der Waals surface area contributed by atoms with Gasteiger partial charge in [-0.2, -0.15) is 13.2 Å². The van der Waals surface area contributed by atoms with E-state index >= 15 is 0 Å². The second-order valence-electron chi connectivity index (χ2n) is 4.78. The molecule has 0 saturated carbocycles. The minimum Gasteiger partial charge on any atom is -0.436 e. The van der Waals surface area contributed by atoms with Gasteiger partial charge in [0.2, 0.25) is 5.89 Å². The zero-order valence-corrected chi connectivity index (χ0v) is 13.1. The minimum atomic E-state index is -4.99. The molecule has 1 amide bonds. The molecule has 0 saturated heterocycles. The fraction of sp³-hybridized carbons (Fsp3) is 0.0667. The molecule has 4 nitrogen and oxygen atoms in total. The Kier molecular flexibility index (Phi) is 4.15. The molecule has 2 aromatic carbocycles. The van der Waals surface area contributed by atoms with Gasteiger partial charge in [0.05, 0.1) is 10.6 Å². The van der Waals surface area contributed by atoms with Gasteiger partial charge >= 0.3 is 12.1 Å². The Hall–Kier alpha value is -2.25. The Morgan fingerprint density at radius 2 is 1.88 bits per heavy atom. The van der Waals surface area contributed by atoms with Crippen LogP contribution in [-0.4, -0.2) is 17.1 Å². The Labute approximate surface area is 143 Å². The molecule has 0 unspecified atom stereocenters. The van der Waals surface area contributed by atoms with Crippen LogP contribution >= 0.6 is 23.2 Å². The Morgan fingerprint density at radius 3 is 2.58 bits per heavy atom. The summed E-state index contributed by atoms with van der Waals surface area (Å²) >= 11 is 11.9. The molecule has 0 fully saturated rings. The third-order valence-corrected chi connectivity index (χ3v) is 3.63. The molecular formula is C15H7Cl2F3N2O2. The lowest BCUT2D eigenvalue weighted by Crippen LogP contribution is -2.29. The molecule has 9 heteroatoms. The number of fused-ring (bicyclic) bond motifs is 1. The maximum atomic E-state index is 12.3. The highest BCUT2D eigenvalue weighted by Gasteiger charge is 2.38. The number of benzene rings is 2. The van der Waals surface area contributed by atoms with E-state index in [4.69, 9.17) is 27.6 Å². The number of halogens is 5. The highest BCUT2D eigenvalue weighted by atomic mass is 35.5. The van der Waals surface area contributed by atoms with Crippen molar-refractivity contribution in [2.45, 2.75) is 6.18 Å². The van der Waals surface area contributed by atoms with E-state index in [0.717, 1.165) is 0 Å². The van der Waals surface area contributed by atoms with Crippen LogP contribution in [0.4, 0.5) is 18.9 Å². The summed E-state index contributed by atoms with van der Waals surface area (Å²) in [6, 6.07) is 8.63. The third kappa shape index (κ3) is 3.32. The second kappa shape index (κ2) is 5.99. The van der Waals surface area contributed by atoms with Gasteiger partial charge in [-0.05, 0) is 36.4 Å². The lowest BCUT2D eigenvalue weighted by molar-refractivity contribution is -0.167. The van der Waals surface area contributed by atoms with Crippen LogP contribution in [0, 0.1) is 0 Å². The fourth-order valence-electron chi connectivity index (χ4n) is 1.98. The zero-order valence-electron chi connectivity index (χ0n) is 11.6. The average Bonchev–Trinajstić information content (AvgIpc) is 2.90. The fourth-order valence-corrected chi connectivity index (χ4v) is 2.35. The van der Waals surface area contributed by atoms with Crippen molar-refractivity contribution in [2.75, 3.05) is 5.32 Å². The zero-order chi connectivity index (χ0) is 17.5. The number of nitrogens with one attached hydrogen (secondary N) is 1. The molecule has 0 aliphatic rings. The molecule has 1 aromatic heterocycles. The number of rotatable bonds is 2. The number of alkyl halides is 3. The normalized spacial score (nSPS) is 11.7. The van der Waals surface area contributed by atoms with E-state index in [-0.39, 0.29) is 22.2 Å². The maximum absolute atomic E-state index is 12.3. The standard InChI is InChI=1S/C15H7Cl2F3N2O2/c16-7-1-4-12-11(5-7)22-13(24-12)9-6-8(2-3-10(9)17)21-14(23)15(18,19)20/h1-6H,(H,21,23). The summed E-state index contributed by atoms with van der Waals surface area (Å²) in [6.07, 6.45) is -4.99. The van der Waals surface area contributed by atoms with Crippen LogP contribution in [0.1, 0.15) is 0 Å². The molecule has 124 valence electrons. The first-order valence-electron chi connectivity index (χ1n) is 6.48. The Bertz CT molecular complexity index is 938. The molecule has 0 spiro atoms. The van der Waals surface area contributed by atoms with Gasteiger partial charge in [-0.3, -0.25) is 4.79 Å².